The number of aromatic nitrogens is 2. The molecule has 1 unspecified atom stereocenters. The third-order valence-electron chi connectivity index (χ3n) is 6.94. The quantitative estimate of drug-likeness (QED) is 0.560. The number of rotatable bonds is 5. The molecular formula is C23H22F3N7. The van der Waals surface area contributed by atoms with Crippen molar-refractivity contribution in [3.63, 3.8) is 0 Å². The molecule has 0 bridgehead atoms. The Morgan fingerprint density at radius 2 is 1.91 bits per heavy atom. The molecule has 1 saturated carbocycles. The van der Waals surface area contributed by atoms with E-state index in [1.807, 2.05) is 4.90 Å². The van der Waals surface area contributed by atoms with Crippen molar-refractivity contribution in [1.29, 1.82) is 0 Å². The van der Waals surface area contributed by atoms with E-state index in [4.69, 9.17) is 0 Å². The van der Waals surface area contributed by atoms with E-state index in [0.717, 1.165) is 25.2 Å². The average molecular weight is 453 g/mol. The lowest BCUT2D eigenvalue weighted by Crippen LogP contribution is -2.60. The molecule has 4 heterocycles. The number of H-pyrrole nitrogens is 1. The third kappa shape index (κ3) is 3.32. The first-order valence-electron chi connectivity index (χ1n) is 10.9. The Morgan fingerprint density at radius 3 is 2.64 bits per heavy atom. The van der Waals surface area contributed by atoms with Gasteiger partial charge < -0.3 is 15.2 Å². The predicted octanol–water partition coefficient (Wildman–Crippen LogP) is 5.15. The summed E-state index contributed by atoms with van der Waals surface area (Å²) in [4.78, 5) is 9.24. The lowest BCUT2D eigenvalue weighted by atomic mass is 9.63. The topological polar surface area (TPSA) is 71.9 Å². The highest BCUT2D eigenvalue weighted by Crippen LogP contribution is 2.49. The van der Waals surface area contributed by atoms with Crippen LogP contribution in [0.25, 0.3) is 10.9 Å². The first-order valence-corrected chi connectivity index (χ1v) is 10.9. The monoisotopic (exact) mass is 453 g/mol. The Kier molecular flexibility index (Phi) is 4.40. The zero-order valence-corrected chi connectivity index (χ0v) is 17.8. The van der Waals surface area contributed by atoms with Crippen molar-refractivity contribution in [2.45, 2.75) is 25.3 Å². The van der Waals surface area contributed by atoms with Crippen LogP contribution in [0.1, 0.15) is 19.3 Å². The van der Waals surface area contributed by atoms with Crippen LogP contribution in [-0.2, 0) is 0 Å². The van der Waals surface area contributed by atoms with Crippen molar-refractivity contribution in [3.8, 4) is 0 Å². The zero-order valence-electron chi connectivity index (χ0n) is 17.8. The Balaban J connectivity index is 1.12. The van der Waals surface area contributed by atoms with Gasteiger partial charge in [0.05, 0.1) is 29.6 Å². The molecule has 0 radical (unpaired) electrons. The predicted molar refractivity (Wildman–Crippen MR) is 120 cm³/mol. The summed E-state index contributed by atoms with van der Waals surface area (Å²) in [5.74, 6) is -1.83. The second-order valence-electron chi connectivity index (χ2n) is 9.18. The number of anilines is 3. The van der Waals surface area contributed by atoms with E-state index >= 15 is 0 Å². The lowest BCUT2D eigenvalue weighted by Gasteiger charge is -2.56. The van der Waals surface area contributed by atoms with E-state index in [2.05, 4.69) is 32.2 Å². The molecule has 7 nitrogen and oxygen atoms in total. The van der Waals surface area contributed by atoms with Crippen LogP contribution in [0.4, 0.5) is 30.4 Å². The maximum absolute atomic E-state index is 14.8. The van der Waals surface area contributed by atoms with Crippen molar-refractivity contribution in [2.75, 3.05) is 34.9 Å². The molecule has 1 aliphatic carbocycles. The van der Waals surface area contributed by atoms with E-state index in [9.17, 15) is 13.2 Å². The van der Waals surface area contributed by atoms with Crippen LogP contribution >= 0.6 is 0 Å². The fraction of sp³-hybridized carbons (Fsp3) is 0.348. The number of nitrogens with one attached hydrogen (secondary N) is 2. The molecule has 33 heavy (non-hydrogen) atoms. The molecule has 10 heteroatoms. The molecule has 2 aliphatic heterocycles. The number of fused-ring (bicyclic) bond motifs is 1. The Hall–Kier alpha value is -3.56. The van der Waals surface area contributed by atoms with Gasteiger partial charge >= 0.3 is 0 Å². The van der Waals surface area contributed by atoms with Crippen molar-refractivity contribution < 1.29 is 13.2 Å². The van der Waals surface area contributed by atoms with Gasteiger partial charge in [-0.1, -0.05) is 18.2 Å². The molecule has 170 valence electrons. The van der Waals surface area contributed by atoms with Gasteiger partial charge in [0, 0.05) is 47.9 Å². The van der Waals surface area contributed by atoms with Crippen LogP contribution in [0.15, 0.2) is 53.2 Å². The highest BCUT2D eigenvalue weighted by molar-refractivity contribution is 5.93. The summed E-state index contributed by atoms with van der Waals surface area (Å²) in [5, 5.41) is 13.5. The van der Waals surface area contributed by atoms with Crippen molar-refractivity contribution in [3.05, 3.63) is 60.3 Å². The number of halogens is 3. The van der Waals surface area contributed by atoms with Crippen LogP contribution in [0.2, 0.25) is 0 Å². The van der Waals surface area contributed by atoms with E-state index in [-0.39, 0.29) is 5.82 Å². The molecule has 0 amide bonds. The zero-order chi connectivity index (χ0) is 22.7. The van der Waals surface area contributed by atoms with Crippen molar-refractivity contribution >= 4 is 28.1 Å². The van der Waals surface area contributed by atoms with Gasteiger partial charge in [-0.2, -0.15) is 5.11 Å². The molecule has 1 saturated heterocycles. The fourth-order valence-electron chi connectivity index (χ4n) is 4.88. The summed E-state index contributed by atoms with van der Waals surface area (Å²) in [6, 6.07) is 3.26. The smallest absolute Gasteiger partial charge is 0.167 e. The van der Waals surface area contributed by atoms with Gasteiger partial charge in [0.1, 0.15) is 6.04 Å². The Bertz CT molecular complexity index is 1290. The van der Waals surface area contributed by atoms with Crippen LogP contribution in [0, 0.1) is 22.9 Å². The van der Waals surface area contributed by atoms with Gasteiger partial charge in [-0.05, 0) is 18.9 Å². The second kappa shape index (κ2) is 7.23. The van der Waals surface area contributed by atoms with Crippen LogP contribution in [0.5, 0.6) is 0 Å². The van der Waals surface area contributed by atoms with E-state index in [0.29, 0.717) is 45.8 Å². The molecule has 2 aromatic heterocycles. The number of pyridine rings is 1. The molecule has 1 spiro atoms. The SMILES string of the molecule is C=C(Nc1c[nH]c2cc(F)c(F)cc12)C1CN(c2cnc(N3CC4(CCC4)C3)c(F)c2)N=N1. The van der Waals surface area contributed by atoms with Gasteiger partial charge in [0.15, 0.2) is 23.3 Å². The molecule has 2 fully saturated rings. The minimum atomic E-state index is -0.929. The van der Waals surface area contributed by atoms with Gasteiger partial charge in [0.25, 0.3) is 0 Å². The summed E-state index contributed by atoms with van der Waals surface area (Å²) in [7, 11) is 0. The van der Waals surface area contributed by atoms with Gasteiger partial charge in [-0.15, -0.1) is 0 Å². The van der Waals surface area contributed by atoms with Crippen LogP contribution < -0.4 is 15.2 Å². The molecule has 6 rings (SSSR count). The highest BCUT2D eigenvalue weighted by atomic mass is 19.2. The summed E-state index contributed by atoms with van der Waals surface area (Å²) in [6.45, 7) is 6.11. The third-order valence-corrected chi connectivity index (χ3v) is 6.94. The number of hydrogen-bond donors (Lipinski definition) is 2. The average Bonchev–Trinajstić information content (AvgIpc) is 3.36. The number of nitrogens with zero attached hydrogens (tertiary/aromatic N) is 5. The van der Waals surface area contributed by atoms with Crippen molar-refractivity contribution in [2.24, 2.45) is 15.8 Å². The highest BCUT2D eigenvalue weighted by Gasteiger charge is 2.48. The van der Waals surface area contributed by atoms with Crippen LogP contribution in [-0.4, -0.2) is 35.6 Å². The summed E-state index contributed by atoms with van der Waals surface area (Å²) in [5.41, 5.74) is 2.45. The number of benzene rings is 1. The van der Waals surface area contributed by atoms with E-state index in [1.165, 1.54) is 25.3 Å². The van der Waals surface area contributed by atoms with E-state index < -0.39 is 17.7 Å². The lowest BCUT2D eigenvalue weighted by molar-refractivity contribution is 0.0889. The summed E-state index contributed by atoms with van der Waals surface area (Å²) < 4.78 is 41.9. The first-order chi connectivity index (χ1) is 15.9. The molecule has 1 atom stereocenters. The van der Waals surface area contributed by atoms with Gasteiger partial charge in [-0.25, -0.2) is 23.2 Å². The standard InChI is InChI=1S/C23H22F3N7/c1-13(29-20-9-27-19-7-17(25)16(24)6-15(19)20)21-10-33(31-30-21)14-5-18(26)22(28-8-14)32-11-23(12-32)3-2-4-23/h5-9,21,27,29H,1-4,10-12H2. The second-order valence-corrected chi connectivity index (χ2v) is 9.18. The molecular weight excluding hydrogens is 431 g/mol. The van der Waals surface area contributed by atoms with Crippen LogP contribution in [0.3, 0.4) is 0 Å². The molecule has 2 N–H and O–H groups in total. The molecule has 3 aliphatic rings. The number of hydrogen-bond acceptors (Lipinski definition) is 6. The normalized spacial score (nSPS) is 20.9. The van der Waals surface area contributed by atoms with E-state index in [1.54, 1.807) is 17.4 Å². The maximum Gasteiger partial charge on any atom is 0.167 e. The summed E-state index contributed by atoms with van der Waals surface area (Å²) >= 11 is 0. The molecule has 1 aromatic carbocycles. The van der Waals surface area contributed by atoms with Gasteiger partial charge in [-0.3, -0.25) is 0 Å². The minimum Gasteiger partial charge on any atom is -0.359 e. The number of aromatic amines is 1. The first kappa shape index (κ1) is 20.1. The van der Waals surface area contributed by atoms with Gasteiger partial charge in [0.2, 0.25) is 0 Å². The molecule has 3 aromatic rings. The fourth-order valence-corrected chi connectivity index (χ4v) is 4.88. The maximum atomic E-state index is 14.8. The van der Waals surface area contributed by atoms with Crippen molar-refractivity contribution in [1.82, 2.24) is 9.97 Å². The largest absolute Gasteiger partial charge is 0.359 e. The summed E-state index contributed by atoms with van der Waals surface area (Å²) in [6.07, 6.45) is 6.93. The Labute approximate surface area is 188 Å². The minimum absolute atomic E-state index is 0.352. The Morgan fingerprint density at radius 1 is 1.12 bits per heavy atom.